The number of pyridine rings is 1. The van der Waals surface area contributed by atoms with Gasteiger partial charge in [0.05, 0.1) is 10.5 Å². The van der Waals surface area contributed by atoms with E-state index in [0.717, 1.165) is 18.0 Å². The van der Waals surface area contributed by atoms with Crippen LogP contribution in [0.2, 0.25) is 0 Å². The molecule has 0 atom stereocenters. The Morgan fingerprint density at radius 3 is 2.81 bits per heavy atom. The Morgan fingerprint density at radius 1 is 1.57 bits per heavy atom. The predicted octanol–water partition coefficient (Wildman–Crippen LogP) is 0.672. The van der Waals surface area contributed by atoms with E-state index in [1.165, 1.54) is 6.07 Å². The van der Waals surface area contributed by atoms with E-state index in [4.69, 9.17) is 10.9 Å². The summed E-state index contributed by atoms with van der Waals surface area (Å²) in [7, 11) is 1.77. The van der Waals surface area contributed by atoms with Gasteiger partial charge in [-0.25, -0.2) is 4.98 Å². The normalized spacial score (nSPS) is 11.6. The van der Waals surface area contributed by atoms with E-state index in [-0.39, 0.29) is 17.1 Å². The van der Waals surface area contributed by atoms with Gasteiger partial charge in [0.25, 0.3) is 5.69 Å². The molecule has 0 saturated carbocycles. The Balaban J connectivity index is 2.47. The third kappa shape index (κ3) is 2.91. The molecule has 0 bridgehead atoms. The topological polar surface area (TPSA) is 145 Å². The predicted molar refractivity (Wildman–Crippen MR) is 73.3 cm³/mol. The Hall–Kier alpha value is -2.69. The van der Waals surface area contributed by atoms with Crippen molar-refractivity contribution in [1.29, 1.82) is 0 Å². The Labute approximate surface area is 122 Å². The first-order valence-corrected chi connectivity index (χ1v) is 6.42. The molecule has 2 heterocycles. The average Bonchev–Trinajstić information content (AvgIpc) is 2.78. The van der Waals surface area contributed by atoms with Crippen LogP contribution < -0.4 is 5.73 Å². The van der Waals surface area contributed by atoms with Gasteiger partial charge in [-0.05, 0) is 18.7 Å². The van der Waals surface area contributed by atoms with Crippen LogP contribution in [0.1, 0.15) is 11.4 Å². The van der Waals surface area contributed by atoms with Gasteiger partial charge >= 0.3 is 0 Å². The molecule has 11 heteroatoms. The van der Waals surface area contributed by atoms with Gasteiger partial charge in [-0.1, -0.05) is 5.16 Å². The van der Waals surface area contributed by atoms with Gasteiger partial charge in [0.2, 0.25) is 0 Å². The summed E-state index contributed by atoms with van der Waals surface area (Å²) < 4.78 is 1.73. The van der Waals surface area contributed by atoms with Crippen LogP contribution in [0.15, 0.2) is 27.6 Å². The Bertz CT molecular complexity index is 727. The van der Waals surface area contributed by atoms with Crippen LogP contribution in [0.25, 0.3) is 0 Å². The number of hydrogen-bond acceptors (Lipinski definition) is 8. The van der Waals surface area contributed by atoms with Crippen molar-refractivity contribution in [3.8, 4) is 0 Å². The van der Waals surface area contributed by atoms with Crippen molar-refractivity contribution in [2.75, 3.05) is 0 Å². The quantitative estimate of drug-likeness (QED) is 0.275. The van der Waals surface area contributed by atoms with E-state index < -0.39 is 4.92 Å². The molecule has 0 fully saturated rings. The summed E-state index contributed by atoms with van der Waals surface area (Å²) in [5, 5.41) is 31.1. The maximum absolute atomic E-state index is 10.8. The first kappa shape index (κ1) is 14.7. The maximum Gasteiger partial charge on any atom is 0.288 e. The Kier molecular flexibility index (Phi) is 4.03. The molecule has 0 radical (unpaired) electrons. The molecule has 3 N–H and O–H groups in total. The lowest BCUT2D eigenvalue weighted by atomic mass is 10.2. The van der Waals surface area contributed by atoms with E-state index in [9.17, 15) is 10.1 Å². The fraction of sp³-hybridized carbons (Fsp3) is 0.200. The number of rotatable bonds is 4. The molecule has 110 valence electrons. The summed E-state index contributed by atoms with van der Waals surface area (Å²) in [4.78, 5) is 14.2. The standard InChI is InChI=1S/C10H11N7O3S/c1-5-13-14-10(16(5)2)21-9-7(8(11)15-18)3-6(4-12-9)17(19)20/h3-4,18H,1-2H3,(H2,11,15). The van der Waals surface area contributed by atoms with Crippen LogP contribution in [-0.2, 0) is 7.05 Å². The van der Waals surface area contributed by atoms with Crippen molar-refractivity contribution < 1.29 is 10.1 Å². The molecule has 0 aliphatic rings. The lowest BCUT2D eigenvalue weighted by Gasteiger charge is -2.06. The van der Waals surface area contributed by atoms with E-state index in [2.05, 4.69) is 20.3 Å². The van der Waals surface area contributed by atoms with Crippen molar-refractivity contribution in [3.05, 3.63) is 33.8 Å². The highest BCUT2D eigenvalue weighted by Gasteiger charge is 2.18. The number of nitro groups is 1. The van der Waals surface area contributed by atoms with Crippen LogP contribution in [-0.4, -0.2) is 35.7 Å². The maximum atomic E-state index is 10.8. The number of aryl methyl sites for hydroxylation is 1. The van der Waals surface area contributed by atoms with Gasteiger partial charge in [0, 0.05) is 13.1 Å². The average molecular weight is 309 g/mol. The minimum Gasteiger partial charge on any atom is -0.409 e. The Morgan fingerprint density at radius 2 is 2.29 bits per heavy atom. The van der Waals surface area contributed by atoms with Crippen molar-refractivity contribution in [3.63, 3.8) is 0 Å². The molecule has 21 heavy (non-hydrogen) atoms. The highest BCUT2D eigenvalue weighted by atomic mass is 32.2. The number of aromatic nitrogens is 4. The van der Waals surface area contributed by atoms with Crippen molar-refractivity contribution in [1.82, 2.24) is 19.7 Å². The molecule has 10 nitrogen and oxygen atoms in total. The SMILES string of the molecule is Cc1nnc(Sc2ncc([N+](=O)[O-])cc2C(N)=NO)n1C. The lowest BCUT2D eigenvalue weighted by Crippen LogP contribution is -2.15. The monoisotopic (exact) mass is 309 g/mol. The van der Waals surface area contributed by atoms with Crippen molar-refractivity contribution in [2.45, 2.75) is 17.1 Å². The molecule has 0 aromatic carbocycles. The smallest absolute Gasteiger partial charge is 0.288 e. The number of nitrogens with two attached hydrogens (primary N) is 1. The molecule has 0 spiro atoms. The second kappa shape index (κ2) is 5.75. The first-order valence-electron chi connectivity index (χ1n) is 5.60. The molecule has 0 amide bonds. The summed E-state index contributed by atoms with van der Waals surface area (Å²) in [6, 6.07) is 1.19. The fourth-order valence-electron chi connectivity index (χ4n) is 1.42. The summed E-state index contributed by atoms with van der Waals surface area (Å²) in [5.41, 5.74) is 5.44. The highest BCUT2D eigenvalue weighted by Crippen LogP contribution is 2.29. The van der Waals surface area contributed by atoms with Crippen molar-refractivity contribution >= 4 is 23.3 Å². The number of nitrogens with zero attached hydrogens (tertiary/aromatic N) is 6. The van der Waals surface area contributed by atoms with E-state index in [1.54, 1.807) is 18.5 Å². The van der Waals surface area contributed by atoms with E-state index in [1.807, 2.05) is 0 Å². The second-order valence-electron chi connectivity index (χ2n) is 3.98. The molecule has 0 saturated heterocycles. The van der Waals surface area contributed by atoms with Crippen LogP contribution >= 0.6 is 11.8 Å². The first-order chi connectivity index (χ1) is 9.93. The third-order valence-electron chi connectivity index (χ3n) is 2.67. The summed E-state index contributed by atoms with van der Waals surface area (Å²) in [5.74, 6) is 0.428. The van der Waals surface area contributed by atoms with Crippen LogP contribution in [0, 0.1) is 17.0 Å². The van der Waals surface area contributed by atoms with Gasteiger partial charge < -0.3 is 15.5 Å². The largest absolute Gasteiger partial charge is 0.409 e. The summed E-state index contributed by atoms with van der Waals surface area (Å²) >= 11 is 1.11. The molecule has 0 unspecified atom stereocenters. The zero-order chi connectivity index (χ0) is 15.6. The molecule has 0 aliphatic carbocycles. The summed E-state index contributed by atoms with van der Waals surface area (Å²) in [6.45, 7) is 1.78. The minimum atomic E-state index is -0.609. The molecule has 2 rings (SSSR count). The van der Waals surface area contributed by atoms with E-state index in [0.29, 0.717) is 16.0 Å². The third-order valence-corrected chi connectivity index (χ3v) is 3.73. The zero-order valence-electron chi connectivity index (χ0n) is 11.1. The van der Waals surface area contributed by atoms with Gasteiger partial charge in [-0.15, -0.1) is 10.2 Å². The van der Waals surface area contributed by atoms with E-state index >= 15 is 0 Å². The molecule has 2 aromatic heterocycles. The minimum absolute atomic E-state index is 0.150. The number of hydrogen-bond donors (Lipinski definition) is 2. The van der Waals surface area contributed by atoms with Gasteiger partial charge in [-0.3, -0.25) is 10.1 Å². The van der Waals surface area contributed by atoms with Gasteiger partial charge in [-0.2, -0.15) is 0 Å². The van der Waals surface area contributed by atoms with Crippen LogP contribution in [0.4, 0.5) is 5.69 Å². The fourth-order valence-corrected chi connectivity index (χ4v) is 2.33. The van der Waals surface area contributed by atoms with Gasteiger partial charge in [0.15, 0.2) is 11.0 Å². The van der Waals surface area contributed by atoms with Crippen LogP contribution in [0.5, 0.6) is 0 Å². The molecular formula is C10H11N7O3S. The highest BCUT2D eigenvalue weighted by molar-refractivity contribution is 7.99. The van der Waals surface area contributed by atoms with Crippen molar-refractivity contribution in [2.24, 2.45) is 17.9 Å². The molecular weight excluding hydrogens is 298 g/mol. The lowest BCUT2D eigenvalue weighted by molar-refractivity contribution is -0.385. The summed E-state index contributed by atoms with van der Waals surface area (Å²) in [6.07, 6.45) is 1.10. The number of oxime groups is 1. The number of amidine groups is 1. The van der Waals surface area contributed by atoms with Crippen LogP contribution in [0.3, 0.4) is 0 Å². The molecule has 2 aromatic rings. The second-order valence-corrected chi connectivity index (χ2v) is 4.94. The molecule has 0 aliphatic heterocycles. The van der Waals surface area contributed by atoms with Gasteiger partial charge in [0.1, 0.15) is 17.0 Å². The zero-order valence-corrected chi connectivity index (χ0v) is 11.9.